The number of carboxylic acids is 2. The van der Waals surface area contributed by atoms with E-state index < -0.39 is 38.2 Å². The molecule has 0 aliphatic carbocycles. The number of carbonyl (C=O) groups is 2. The second-order valence-corrected chi connectivity index (χ2v) is 12.4. The molecule has 0 saturated carbocycles. The van der Waals surface area contributed by atoms with Crippen LogP contribution in [0.1, 0.15) is 110 Å². The number of aliphatic hydroxyl groups is 3. The molecule has 0 aromatic carbocycles. The fourth-order valence-electron chi connectivity index (χ4n) is 3.39. The summed E-state index contributed by atoms with van der Waals surface area (Å²) in [5.74, 6) is -3.04. The SMILES string of the molecule is CCCCCCCCCCCCCCCCCC(O)[SH](SC(O)C(=O)O)C(O)C(=O)O. The Bertz CT molecular complexity index is 465. The molecule has 0 aromatic heterocycles. The summed E-state index contributed by atoms with van der Waals surface area (Å²) >= 11 is 0. The molecule has 0 radical (unpaired) electrons. The summed E-state index contributed by atoms with van der Waals surface area (Å²) in [6, 6.07) is 0. The highest BCUT2D eigenvalue weighted by molar-refractivity contribution is 8.86. The number of rotatable bonds is 22. The molecule has 0 bridgehead atoms. The van der Waals surface area contributed by atoms with Crippen molar-refractivity contribution >= 4 is 32.7 Å². The lowest BCUT2D eigenvalue weighted by Crippen LogP contribution is -2.27. The maximum Gasteiger partial charge on any atom is 0.343 e. The van der Waals surface area contributed by atoms with Gasteiger partial charge in [-0.15, -0.1) is 9.93 Å². The van der Waals surface area contributed by atoms with Gasteiger partial charge in [0.2, 0.25) is 5.44 Å². The topological polar surface area (TPSA) is 135 Å². The van der Waals surface area contributed by atoms with Gasteiger partial charge in [0.05, 0.1) is 5.44 Å². The molecular weight excluding hydrogens is 440 g/mol. The van der Waals surface area contributed by atoms with Crippen LogP contribution in [0.2, 0.25) is 0 Å². The first kappa shape index (κ1) is 30.5. The Morgan fingerprint density at radius 3 is 1.42 bits per heavy atom. The smallest absolute Gasteiger partial charge is 0.343 e. The predicted molar refractivity (Wildman–Crippen MR) is 129 cm³/mol. The number of hydrogen-bond donors (Lipinski definition) is 6. The lowest BCUT2D eigenvalue weighted by Gasteiger charge is -2.29. The molecule has 0 amide bonds. The van der Waals surface area contributed by atoms with E-state index in [9.17, 15) is 24.9 Å². The van der Waals surface area contributed by atoms with Crippen LogP contribution in [0.4, 0.5) is 0 Å². The number of thiol groups is 1. The maximum absolute atomic E-state index is 11.0. The minimum absolute atomic E-state index is 0.285. The Morgan fingerprint density at radius 2 is 1.06 bits per heavy atom. The molecule has 7 nitrogen and oxygen atoms in total. The predicted octanol–water partition coefficient (Wildman–Crippen LogP) is 5.02. The Morgan fingerprint density at radius 1 is 0.677 bits per heavy atom. The van der Waals surface area contributed by atoms with Crippen molar-refractivity contribution in [3.05, 3.63) is 0 Å². The van der Waals surface area contributed by atoms with Crippen molar-refractivity contribution in [2.75, 3.05) is 0 Å². The zero-order chi connectivity index (χ0) is 23.5. The van der Waals surface area contributed by atoms with Crippen molar-refractivity contribution in [3.63, 3.8) is 0 Å². The van der Waals surface area contributed by atoms with Gasteiger partial charge in [0, 0.05) is 0 Å². The second-order valence-electron chi connectivity index (χ2n) is 8.09. The molecule has 31 heavy (non-hydrogen) atoms. The fourth-order valence-corrected chi connectivity index (χ4v) is 7.26. The molecule has 0 aliphatic rings. The first-order chi connectivity index (χ1) is 14.8. The molecule has 0 aliphatic heterocycles. The van der Waals surface area contributed by atoms with E-state index in [-0.39, 0.29) is 6.42 Å². The molecule has 186 valence electrons. The molecular formula is C22H44O7S2. The molecule has 5 N–H and O–H groups in total. The summed E-state index contributed by atoms with van der Waals surface area (Å²) in [6.07, 6.45) is 18.5. The minimum Gasteiger partial charge on any atom is -0.479 e. The summed E-state index contributed by atoms with van der Waals surface area (Å²) in [5.41, 5.74) is -4.88. The van der Waals surface area contributed by atoms with Gasteiger partial charge in [-0.1, -0.05) is 114 Å². The van der Waals surface area contributed by atoms with Gasteiger partial charge in [-0.2, -0.15) is 0 Å². The molecule has 0 saturated heterocycles. The third-order valence-electron chi connectivity index (χ3n) is 5.25. The van der Waals surface area contributed by atoms with E-state index in [4.69, 9.17) is 10.2 Å². The van der Waals surface area contributed by atoms with E-state index in [0.29, 0.717) is 17.2 Å². The molecule has 0 fully saturated rings. The van der Waals surface area contributed by atoms with Crippen LogP contribution in [0, 0.1) is 0 Å². The minimum atomic E-state index is -2.04. The van der Waals surface area contributed by atoms with Crippen molar-refractivity contribution in [1.82, 2.24) is 0 Å². The van der Waals surface area contributed by atoms with Gasteiger partial charge in [0.1, 0.15) is 0 Å². The Hall–Kier alpha value is -0.480. The average molecular weight is 485 g/mol. The first-order valence-electron chi connectivity index (χ1n) is 11.8. The summed E-state index contributed by atoms with van der Waals surface area (Å²) in [7, 11) is -1.61. The van der Waals surface area contributed by atoms with Gasteiger partial charge >= 0.3 is 11.9 Å². The zero-order valence-electron chi connectivity index (χ0n) is 19.0. The quantitative estimate of drug-likeness (QED) is 0.0545. The van der Waals surface area contributed by atoms with Crippen LogP contribution in [0.15, 0.2) is 0 Å². The van der Waals surface area contributed by atoms with Crippen molar-refractivity contribution in [1.29, 1.82) is 0 Å². The van der Waals surface area contributed by atoms with E-state index in [1.165, 1.54) is 70.6 Å². The van der Waals surface area contributed by atoms with Crippen LogP contribution >= 0.6 is 20.7 Å². The van der Waals surface area contributed by atoms with Gasteiger partial charge in [-0.25, -0.2) is 9.59 Å². The molecule has 0 spiro atoms. The second kappa shape index (κ2) is 20.1. The Labute approximate surface area is 193 Å². The van der Waals surface area contributed by atoms with E-state index in [1.807, 2.05) is 0 Å². The average Bonchev–Trinajstić information content (AvgIpc) is 2.73. The molecule has 4 atom stereocenters. The molecule has 0 aromatic rings. The third-order valence-corrected chi connectivity index (χ3v) is 10.1. The number of hydrogen-bond acceptors (Lipinski definition) is 6. The highest BCUT2D eigenvalue weighted by Crippen LogP contribution is 2.50. The van der Waals surface area contributed by atoms with Crippen LogP contribution in [-0.4, -0.2) is 53.8 Å². The lowest BCUT2D eigenvalue weighted by molar-refractivity contribution is -0.143. The molecule has 4 unspecified atom stereocenters. The lowest BCUT2D eigenvalue weighted by atomic mass is 10.0. The first-order valence-corrected chi connectivity index (χ1v) is 14.7. The largest absolute Gasteiger partial charge is 0.479 e. The third kappa shape index (κ3) is 16.8. The monoisotopic (exact) mass is 484 g/mol. The summed E-state index contributed by atoms with van der Waals surface area (Å²) in [4.78, 5) is 21.8. The van der Waals surface area contributed by atoms with Crippen molar-refractivity contribution in [3.8, 4) is 0 Å². The van der Waals surface area contributed by atoms with Crippen molar-refractivity contribution < 1.29 is 35.1 Å². The number of aliphatic carboxylic acids is 2. The van der Waals surface area contributed by atoms with E-state index in [0.717, 1.165) is 19.3 Å². The van der Waals surface area contributed by atoms with Crippen LogP contribution in [0.3, 0.4) is 0 Å². The van der Waals surface area contributed by atoms with E-state index in [2.05, 4.69) is 6.92 Å². The van der Waals surface area contributed by atoms with Crippen LogP contribution in [0.25, 0.3) is 0 Å². The van der Waals surface area contributed by atoms with Gasteiger partial charge in [-0.05, 0) is 6.42 Å². The number of aliphatic hydroxyl groups excluding tert-OH is 3. The Balaban J connectivity index is 3.78. The summed E-state index contributed by atoms with van der Waals surface area (Å²) in [5, 5.41) is 47.2. The highest BCUT2D eigenvalue weighted by atomic mass is 33.1. The highest BCUT2D eigenvalue weighted by Gasteiger charge is 2.32. The summed E-state index contributed by atoms with van der Waals surface area (Å²) < 4.78 is 0. The fraction of sp³-hybridized carbons (Fsp3) is 0.909. The normalized spacial score (nSPS) is 15.9. The molecule has 0 heterocycles. The standard InChI is InChI=1S/C22H44O7S2/c1-2-3-4-5-6-7-8-9-10-11-12-13-14-15-16-17-18(23)31(22(29)20(26)27)30-21(28)19(24)25/h18,21-23,28-29,31H,2-17H2,1H3,(H,24,25)(H,26,27). The number of unbranched alkanes of at least 4 members (excludes halogenated alkanes) is 14. The van der Waals surface area contributed by atoms with E-state index in [1.54, 1.807) is 0 Å². The van der Waals surface area contributed by atoms with Gasteiger partial charge in [0.15, 0.2) is 5.44 Å². The summed E-state index contributed by atoms with van der Waals surface area (Å²) in [6.45, 7) is 2.24. The van der Waals surface area contributed by atoms with Crippen molar-refractivity contribution in [2.45, 2.75) is 126 Å². The number of carboxylic acid groups (broad SMARTS) is 2. The molecule has 9 heteroatoms. The van der Waals surface area contributed by atoms with Gasteiger partial charge in [-0.3, -0.25) is 0 Å². The van der Waals surface area contributed by atoms with E-state index >= 15 is 0 Å². The Kier molecular flexibility index (Phi) is 19.8. The van der Waals surface area contributed by atoms with Gasteiger partial charge < -0.3 is 25.5 Å². The maximum atomic E-state index is 11.0. The van der Waals surface area contributed by atoms with Gasteiger partial charge in [0.25, 0.3) is 0 Å². The van der Waals surface area contributed by atoms with Crippen LogP contribution in [-0.2, 0) is 9.59 Å². The van der Waals surface area contributed by atoms with Crippen molar-refractivity contribution in [2.24, 2.45) is 0 Å². The van der Waals surface area contributed by atoms with Crippen LogP contribution in [0.5, 0.6) is 0 Å². The molecule has 0 rings (SSSR count). The zero-order valence-corrected chi connectivity index (χ0v) is 20.7. The van der Waals surface area contributed by atoms with Crippen LogP contribution < -0.4 is 0 Å².